The molecule has 3 nitrogen and oxygen atoms in total. The van der Waals surface area contributed by atoms with Gasteiger partial charge in [-0.3, -0.25) is 0 Å². The fourth-order valence-electron chi connectivity index (χ4n) is 1.51. The molecule has 0 saturated heterocycles. The van der Waals surface area contributed by atoms with Gasteiger partial charge in [-0.05, 0) is 34.5 Å². The Hall–Kier alpha value is -0.780. The Morgan fingerprint density at radius 1 is 1.33 bits per heavy atom. The molecule has 0 atom stereocenters. The molecule has 18 heavy (non-hydrogen) atoms. The van der Waals surface area contributed by atoms with Crippen molar-refractivity contribution in [3.8, 4) is 10.7 Å². The molecule has 1 N–H and O–H groups in total. The number of rotatable bonds is 5. The lowest BCUT2D eigenvalue weighted by Gasteiger charge is -2.06. The summed E-state index contributed by atoms with van der Waals surface area (Å²) in [5, 5.41) is 5.42. The molecule has 0 saturated carbocycles. The largest absolute Gasteiger partial charge is 0.312 e. The summed E-state index contributed by atoms with van der Waals surface area (Å²) in [6, 6.07) is 2.04. The first-order valence-corrected chi connectivity index (χ1v) is 7.58. The number of aromatic nitrogens is 2. The lowest BCUT2D eigenvalue weighted by molar-refractivity contribution is 0.551. The number of nitrogens with zero attached hydrogens (tertiary/aromatic N) is 2. The summed E-state index contributed by atoms with van der Waals surface area (Å²) in [4.78, 5) is 9.88. The quantitative estimate of drug-likeness (QED) is 0.910. The average Bonchev–Trinajstić information content (AvgIpc) is 2.76. The monoisotopic (exact) mass is 325 g/mol. The molecule has 0 aromatic carbocycles. The van der Waals surface area contributed by atoms with Crippen LogP contribution in [0.3, 0.4) is 0 Å². The molecule has 2 aromatic rings. The van der Waals surface area contributed by atoms with Gasteiger partial charge >= 0.3 is 0 Å². The van der Waals surface area contributed by atoms with Gasteiger partial charge in [0, 0.05) is 34.4 Å². The third kappa shape index (κ3) is 3.86. The van der Waals surface area contributed by atoms with Gasteiger partial charge in [0.05, 0.1) is 4.88 Å². The molecule has 0 bridgehead atoms. The molecule has 0 unspecified atom stereocenters. The summed E-state index contributed by atoms with van der Waals surface area (Å²) < 4.78 is 1.08. The zero-order chi connectivity index (χ0) is 13.0. The Bertz CT molecular complexity index is 493. The molecule has 0 spiro atoms. The van der Waals surface area contributed by atoms with Crippen LogP contribution in [0.4, 0.5) is 0 Å². The van der Waals surface area contributed by atoms with Gasteiger partial charge in [-0.15, -0.1) is 11.3 Å². The second-order valence-corrected chi connectivity index (χ2v) is 6.40. The molecule has 2 heterocycles. The molecule has 5 heteroatoms. The lowest BCUT2D eigenvalue weighted by Crippen LogP contribution is -2.19. The van der Waals surface area contributed by atoms with Crippen molar-refractivity contribution in [2.45, 2.75) is 20.4 Å². The van der Waals surface area contributed by atoms with Crippen molar-refractivity contribution >= 4 is 27.3 Å². The molecule has 0 aliphatic carbocycles. The van der Waals surface area contributed by atoms with Gasteiger partial charge in [-0.2, -0.15) is 0 Å². The van der Waals surface area contributed by atoms with Crippen molar-refractivity contribution in [3.05, 3.63) is 33.9 Å². The molecule has 0 radical (unpaired) electrons. The number of hydrogen-bond donors (Lipinski definition) is 1. The van der Waals surface area contributed by atoms with Crippen molar-refractivity contribution in [3.63, 3.8) is 0 Å². The molecule has 0 fully saturated rings. The van der Waals surface area contributed by atoms with Crippen LogP contribution < -0.4 is 5.32 Å². The first kappa shape index (κ1) is 13.6. The van der Waals surface area contributed by atoms with Crippen LogP contribution in [0, 0.1) is 5.92 Å². The van der Waals surface area contributed by atoms with Crippen molar-refractivity contribution in [1.29, 1.82) is 0 Å². The van der Waals surface area contributed by atoms with Gasteiger partial charge in [0.25, 0.3) is 0 Å². The smallest absolute Gasteiger partial charge is 0.169 e. The maximum atomic E-state index is 4.40. The highest BCUT2D eigenvalue weighted by atomic mass is 79.9. The number of halogens is 1. The second kappa shape index (κ2) is 6.41. The van der Waals surface area contributed by atoms with Gasteiger partial charge in [0.1, 0.15) is 0 Å². The normalized spacial score (nSPS) is 11.1. The number of nitrogens with one attached hydrogen (secondary N) is 1. The molecular formula is C13H16BrN3S. The van der Waals surface area contributed by atoms with Crippen molar-refractivity contribution < 1.29 is 0 Å². The van der Waals surface area contributed by atoms with E-state index in [9.17, 15) is 0 Å². The topological polar surface area (TPSA) is 37.8 Å². The number of hydrogen-bond acceptors (Lipinski definition) is 4. The maximum absolute atomic E-state index is 4.40. The fraction of sp³-hybridized carbons (Fsp3) is 0.385. The molecule has 0 aliphatic heterocycles. The highest BCUT2D eigenvalue weighted by Crippen LogP contribution is 2.26. The van der Waals surface area contributed by atoms with E-state index in [-0.39, 0.29) is 0 Å². The van der Waals surface area contributed by atoms with Gasteiger partial charge in [0.15, 0.2) is 5.82 Å². The molecule has 96 valence electrons. The van der Waals surface area contributed by atoms with Crippen LogP contribution in [-0.4, -0.2) is 16.5 Å². The molecular weight excluding hydrogens is 310 g/mol. The van der Waals surface area contributed by atoms with Crippen LogP contribution >= 0.6 is 27.3 Å². The maximum Gasteiger partial charge on any atom is 0.169 e. The minimum Gasteiger partial charge on any atom is -0.312 e. The van der Waals surface area contributed by atoms with Crippen molar-refractivity contribution in [2.75, 3.05) is 6.54 Å². The zero-order valence-electron chi connectivity index (χ0n) is 10.5. The summed E-state index contributed by atoms with van der Waals surface area (Å²) in [5.74, 6) is 1.45. The third-order valence-electron chi connectivity index (χ3n) is 2.37. The summed E-state index contributed by atoms with van der Waals surface area (Å²) in [7, 11) is 0. The third-order valence-corrected chi connectivity index (χ3v) is 4.06. The van der Waals surface area contributed by atoms with Gasteiger partial charge in [-0.1, -0.05) is 13.8 Å². The Kier molecular flexibility index (Phi) is 4.86. The van der Waals surface area contributed by atoms with Crippen LogP contribution in [0.1, 0.15) is 19.4 Å². The molecule has 2 rings (SSSR count). The minimum atomic E-state index is 0.661. The molecule has 0 aliphatic rings. The van der Waals surface area contributed by atoms with E-state index >= 15 is 0 Å². The zero-order valence-corrected chi connectivity index (χ0v) is 12.9. The highest BCUT2D eigenvalue weighted by molar-refractivity contribution is 9.10. The van der Waals surface area contributed by atoms with E-state index < -0.39 is 0 Å². The Labute approximate surface area is 120 Å². The predicted molar refractivity (Wildman–Crippen MR) is 79.6 cm³/mol. The van der Waals surface area contributed by atoms with E-state index in [0.717, 1.165) is 33.8 Å². The Morgan fingerprint density at radius 2 is 2.06 bits per heavy atom. The predicted octanol–water partition coefficient (Wildman–Crippen LogP) is 3.71. The molecule has 0 amide bonds. The standard InChI is InChI=1S/C13H16BrN3S/c1-9(2)4-15-5-10-6-16-13(17-7-10)12-3-11(14)8-18-12/h3,6-9,15H,4-5H2,1-2H3. The van der Waals surface area contributed by atoms with E-state index in [2.05, 4.69) is 45.1 Å². The number of thiophene rings is 1. The van der Waals surface area contributed by atoms with Crippen LogP contribution in [0.15, 0.2) is 28.3 Å². The van der Waals surface area contributed by atoms with Crippen molar-refractivity contribution in [1.82, 2.24) is 15.3 Å². The lowest BCUT2D eigenvalue weighted by atomic mass is 10.2. The average molecular weight is 326 g/mol. The summed E-state index contributed by atoms with van der Waals surface area (Å²) >= 11 is 5.08. The fourth-order valence-corrected chi connectivity index (χ4v) is 2.88. The van der Waals surface area contributed by atoms with Crippen LogP contribution in [0.2, 0.25) is 0 Å². The van der Waals surface area contributed by atoms with E-state index in [1.165, 1.54) is 0 Å². The Morgan fingerprint density at radius 3 is 2.61 bits per heavy atom. The second-order valence-electron chi connectivity index (χ2n) is 4.57. The van der Waals surface area contributed by atoms with Crippen LogP contribution in [0.5, 0.6) is 0 Å². The van der Waals surface area contributed by atoms with E-state index in [1.807, 2.05) is 23.8 Å². The van der Waals surface area contributed by atoms with Gasteiger partial charge in [-0.25, -0.2) is 9.97 Å². The minimum absolute atomic E-state index is 0.661. The van der Waals surface area contributed by atoms with E-state index in [0.29, 0.717) is 5.92 Å². The summed E-state index contributed by atoms with van der Waals surface area (Å²) in [5.41, 5.74) is 1.12. The highest BCUT2D eigenvalue weighted by Gasteiger charge is 2.04. The SMILES string of the molecule is CC(C)CNCc1cnc(-c2cc(Br)cs2)nc1. The summed E-state index contributed by atoms with van der Waals surface area (Å²) in [6.07, 6.45) is 3.78. The first-order valence-electron chi connectivity index (χ1n) is 5.91. The summed E-state index contributed by atoms with van der Waals surface area (Å²) in [6.45, 7) is 6.23. The van der Waals surface area contributed by atoms with Crippen molar-refractivity contribution in [2.24, 2.45) is 5.92 Å². The Balaban J connectivity index is 1.97. The first-order chi connectivity index (χ1) is 8.65. The van der Waals surface area contributed by atoms with Gasteiger partial charge in [0.2, 0.25) is 0 Å². The van der Waals surface area contributed by atoms with E-state index in [4.69, 9.17) is 0 Å². The molecule has 2 aromatic heterocycles. The van der Waals surface area contributed by atoms with E-state index in [1.54, 1.807) is 11.3 Å². The van der Waals surface area contributed by atoms with Crippen LogP contribution in [0.25, 0.3) is 10.7 Å². The van der Waals surface area contributed by atoms with Crippen LogP contribution in [-0.2, 0) is 6.54 Å². The van der Waals surface area contributed by atoms with Gasteiger partial charge < -0.3 is 5.32 Å².